The Hall–Kier alpha value is -0.550. The van der Waals surface area contributed by atoms with Gasteiger partial charge in [0.05, 0.1) is 12.9 Å². The minimum Gasteiger partial charge on any atom is -0.495 e. The van der Waals surface area contributed by atoms with E-state index in [1.165, 1.54) is 7.11 Å². The van der Waals surface area contributed by atoms with Gasteiger partial charge in [-0.25, -0.2) is 8.42 Å². The third-order valence-electron chi connectivity index (χ3n) is 2.77. The number of rotatable bonds is 7. The number of hydrogen-bond donors (Lipinski definition) is 0. The van der Waals surface area contributed by atoms with Gasteiger partial charge in [0.15, 0.2) is 9.84 Å². The Morgan fingerprint density at radius 2 is 2.00 bits per heavy atom. The van der Waals surface area contributed by atoms with E-state index in [9.17, 15) is 8.42 Å². The van der Waals surface area contributed by atoms with Gasteiger partial charge in [-0.2, -0.15) is 0 Å². The molecule has 0 amide bonds. The van der Waals surface area contributed by atoms with Crippen LogP contribution in [0.3, 0.4) is 0 Å². The van der Waals surface area contributed by atoms with E-state index in [2.05, 4.69) is 22.9 Å². The monoisotopic (exact) mass is 334 g/mol. The highest BCUT2D eigenvalue weighted by atomic mass is 79.9. The van der Waals surface area contributed by atoms with E-state index in [4.69, 9.17) is 4.74 Å². The highest BCUT2D eigenvalue weighted by molar-refractivity contribution is 9.09. The number of sulfone groups is 1. The fourth-order valence-corrected chi connectivity index (χ4v) is 4.57. The summed E-state index contributed by atoms with van der Waals surface area (Å²) in [5.41, 5.74) is 0. The zero-order valence-electron chi connectivity index (χ0n) is 10.7. The van der Waals surface area contributed by atoms with Crippen molar-refractivity contribution in [2.24, 2.45) is 5.92 Å². The molecule has 0 saturated carbocycles. The average Bonchev–Trinajstić information content (AvgIpc) is 2.38. The fourth-order valence-electron chi connectivity index (χ4n) is 1.89. The lowest BCUT2D eigenvalue weighted by molar-refractivity contribution is 0.402. The summed E-state index contributed by atoms with van der Waals surface area (Å²) in [6.45, 7) is 2.06. The van der Waals surface area contributed by atoms with Crippen LogP contribution in [0.4, 0.5) is 0 Å². The molecule has 1 rings (SSSR count). The zero-order valence-corrected chi connectivity index (χ0v) is 13.1. The number of hydrogen-bond acceptors (Lipinski definition) is 3. The van der Waals surface area contributed by atoms with Gasteiger partial charge < -0.3 is 4.74 Å². The lowest BCUT2D eigenvalue weighted by atomic mass is 10.1. The molecule has 0 aliphatic carbocycles. The normalized spacial score (nSPS) is 13.3. The Morgan fingerprint density at radius 1 is 1.33 bits per heavy atom. The predicted octanol–water partition coefficient (Wildman–Crippen LogP) is 3.28. The SMILES string of the molecule is CCCC(CBr)CS(=O)(=O)c1ccccc1OC. The van der Waals surface area contributed by atoms with Crippen molar-refractivity contribution in [2.45, 2.75) is 24.7 Å². The summed E-state index contributed by atoms with van der Waals surface area (Å²) in [4.78, 5) is 0.287. The van der Waals surface area contributed by atoms with E-state index < -0.39 is 9.84 Å². The smallest absolute Gasteiger partial charge is 0.182 e. The largest absolute Gasteiger partial charge is 0.495 e. The Kier molecular flexibility index (Phi) is 6.15. The maximum Gasteiger partial charge on any atom is 0.182 e. The van der Waals surface area contributed by atoms with Gasteiger partial charge >= 0.3 is 0 Å². The van der Waals surface area contributed by atoms with Gasteiger partial charge in [-0.15, -0.1) is 0 Å². The molecule has 0 bridgehead atoms. The number of benzene rings is 1. The molecule has 1 unspecified atom stereocenters. The Labute approximate surface area is 118 Å². The van der Waals surface area contributed by atoms with Crippen LogP contribution < -0.4 is 4.74 Å². The van der Waals surface area contributed by atoms with Gasteiger partial charge in [0, 0.05) is 5.33 Å². The van der Waals surface area contributed by atoms with Gasteiger partial charge in [-0.05, 0) is 24.5 Å². The lowest BCUT2D eigenvalue weighted by Gasteiger charge is -2.15. The Bertz CT molecular complexity index is 471. The summed E-state index contributed by atoms with van der Waals surface area (Å²) < 4.78 is 29.8. The van der Waals surface area contributed by atoms with E-state index in [1.807, 2.05) is 0 Å². The maximum atomic E-state index is 12.4. The van der Waals surface area contributed by atoms with Gasteiger partial charge in [0.25, 0.3) is 0 Å². The predicted molar refractivity (Wildman–Crippen MR) is 77.2 cm³/mol. The molecule has 3 nitrogen and oxygen atoms in total. The molecule has 5 heteroatoms. The first-order valence-corrected chi connectivity index (χ1v) is 8.74. The first-order valence-electron chi connectivity index (χ1n) is 5.96. The van der Waals surface area contributed by atoms with Crippen molar-refractivity contribution < 1.29 is 13.2 Å². The molecule has 1 aromatic rings. The highest BCUT2D eigenvalue weighted by Gasteiger charge is 2.23. The van der Waals surface area contributed by atoms with Crippen molar-refractivity contribution in [3.8, 4) is 5.75 Å². The molecule has 18 heavy (non-hydrogen) atoms. The van der Waals surface area contributed by atoms with Gasteiger partial charge in [0.2, 0.25) is 0 Å². The molecule has 0 aliphatic heterocycles. The molecular weight excluding hydrogens is 316 g/mol. The second kappa shape index (κ2) is 7.14. The second-order valence-electron chi connectivity index (χ2n) is 4.24. The van der Waals surface area contributed by atoms with Crippen LogP contribution in [0.2, 0.25) is 0 Å². The summed E-state index contributed by atoms with van der Waals surface area (Å²) in [5.74, 6) is 0.721. The number of alkyl halides is 1. The van der Waals surface area contributed by atoms with Crippen LogP contribution in [-0.2, 0) is 9.84 Å². The number of halogens is 1. The van der Waals surface area contributed by atoms with Crippen molar-refractivity contribution in [3.05, 3.63) is 24.3 Å². The van der Waals surface area contributed by atoms with E-state index in [0.29, 0.717) is 11.1 Å². The quantitative estimate of drug-likeness (QED) is 0.718. The molecule has 0 saturated heterocycles. The number of methoxy groups -OCH3 is 1. The zero-order chi connectivity index (χ0) is 13.6. The number of para-hydroxylation sites is 1. The second-order valence-corrected chi connectivity index (χ2v) is 6.89. The van der Waals surface area contributed by atoms with E-state index in [1.54, 1.807) is 24.3 Å². The summed E-state index contributed by atoms with van der Waals surface area (Å²) in [6.07, 6.45) is 1.89. The van der Waals surface area contributed by atoms with Gasteiger partial charge in [0.1, 0.15) is 10.6 Å². The summed E-state index contributed by atoms with van der Waals surface area (Å²) in [7, 11) is -1.80. The molecule has 0 aliphatic rings. The van der Waals surface area contributed by atoms with Crippen molar-refractivity contribution >= 4 is 25.8 Å². The van der Waals surface area contributed by atoms with Crippen LogP contribution in [0.1, 0.15) is 19.8 Å². The first-order chi connectivity index (χ1) is 8.55. The van der Waals surface area contributed by atoms with E-state index in [-0.39, 0.29) is 16.6 Å². The lowest BCUT2D eigenvalue weighted by Crippen LogP contribution is -2.18. The van der Waals surface area contributed by atoms with Gasteiger partial charge in [-0.1, -0.05) is 41.4 Å². The molecule has 0 N–H and O–H groups in total. The van der Waals surface area contributed by atoms with Crippen molar-refractivity contribution in [1.29, 1.82) is 0 Å². The molecule has 0 fully saturated rings. The maximum absolute atomic E-state index is 12.4. The topological polar surface area (TPSA) is 43.4 Å². The molecule has 0 spiro atoms. The van der Waals surface area contributed by atoms with Crippen LogP contribution in [-0.4, -0.2) is 26.6 Å². The molecule has 0 heterocycles. The highest BCUT2D eigenvalue weighted by Crippen LogP contribution is 2.26. The van der Waals surface area contributed by atoms with Crippen LogP contribution in [0.15, 0.2) is 29.2 Å². The van der Waals surface area contributed by atoms with E-state index in [0.717, 1.165) is 12.8 Å². The first kappa shape index (κ1) is 15.5. The van der Waals surface area contributed by atoms with Crippen LogP contribution in [0.5, 0.6) is 5.75 Å². The van der Waals surface area contributed by atoms with E-state index >= 15 is 0 Å². The summed E-state index contributed by atoms with van der Waals surface area (Å²) in [5, 5.41) is 0.704. The molecule has 0 aromatic heterocycles. The molecular formula is C13H19BrO3S. The van der Waals surface area contributed by atoms with Crippen molar-refractivity contribution in [3.63, 3.8) is 0 Å². The van der Waals surface area contributed by atoms with Crippen molar-refractivity contribution in [2.75, 3.05) is 18.2 Å². The summed E-state index contributed by atoms with van der Waals surface area (Å²) in [6, 6.07) is 6.77. The Morgan fingerprint density at radius 3 is 2.56 bits per heavy atom. The third-order valence-corrected chi connectivity index (χ3v) is 5.61. The minimum absolute atomic E-state index is 0.143. The third kappa shape index (κ3) is 3.99. The molecule has 1 atom stereocenters. The molecule has 102 valence electrons. The average molecular weight is 335 g/mol. The van der Waals surface area contributed by atoms with Gasteiger partial charge in [-0.3, -0.25) is 0 Å². The van der Waals surface area contributed by atoms with Crippen LogP contribution in [0, 0.1) is 5.92 Å². The molecule has 0 radical (unpaired) electrons. The molecule has 1 aromatic carbocycles. The minimum atomic E-state index is -3.29. The fraction of sp³-hybridized carbons (Fsp3) is 0.538. The van der Waals surface area contributed by atoms with Crippen molar-refractivity contribution in [1.82, 2.24) is 0 Å². The van der Waals surface area contributed by atoms with Crippen LogP contribution >= 0.6 is 15.9 Å². The summed E-state index contributed by atoms with van der Waals surface area (Å²) >= 11 is 3.38. The van der Waals surface area contributed by atoms with Crippen LogP contribution in [0.25, 0.3) is 0 Å². The number of ether oxygens (including phenoxy) is 1. The standard InChI is InChI=1S/C13H19BrO3S/c1-3-6-11(9-14)10-18(15,16)13-8-5-4-7-12(13)17-2/h4-5,7-8,11H,3,6,9-10H2,1-2H3. The Balaban J connectivity index is 2.98.